The monoisotopic (exact) mass is 454 g/mol. The van der Waals surface area contributed by atoms with E-state index >= 15 is 0 Å². The van der Waals surface area contributed by atoms with Gasteiger partial charge in [0.1, 0.15) is 5.76 Å². The minimum atomic E-state index is -0.0902. The van der Waals surface area contributed by atoms with Gasteiger partial charge in [0.15, 0.2) is 0 Å². The molecule has 0 aliphatic carbocycles. The van der Waals surface area contributed by atoms with Crippen LogP contribution >= 0.6 is 11.6 Å². The van der Waals surface area contributed by atoms with Gasteiger partial charge in [-0.2, -0.15) is 0 Å². The summed E-state index contributed by atoms with van der Waals surface area (Å²) >= 11 is 6.32. The topological polar surface area (TPSA) is 78.3 Å². The van der Waals surface area contributed by atoms with E-state index in [0.717, 1.165) is 22.5 Å². The van der Waals surface area contributed by atoms with Gasteiger partial charge in [-0.15, -0.1) is 0 Å². The number of nitrogens with zero attached hydrogens (tertiary/aromatic N) is 3. The molecule has 33 heavy (non-hydrogen) atoms. The van der Waals surface area contributed by atoms with Crippen LogP contribution in [0.3, 0.4) is 0 Å². The van der Waals surface area contributed by atoms with Crippen molar-refractivity contribution in [3.8, 4) is 11.3 Å². The van der Waals surface area contributed by atoms with Gasteiger partial charge in [-0.1, -0.05) is 36.4 Å². The van der Waals surface area contributed by atoms with Gasteiger partial charge >= 0.3 is 0 Å². The van der Waals surface area contributed by atoms with Gasteiger partial charge in [-0.05, 0) is 54.6 Å². The van der Waals surface area contributed by atoms with E-state index in [4.69, 9.17) is 16.6 Å². The van der Waals surface area contributed by atoms with Gasteiger partial charge in [-0.3, -0.25) is 9.69 Å². The van der Waals surface area contributed by atoms with Crippen LogP contribution in [0.25, 0.3) is 17.0 Å². The molecule has 0 spiro atoms. The molecule has 1 aliphatic rings. The van der Waals surface area contributed by atoms with Crippen molar-refractivity contribution in [3.05, 3.63) is 102 Å². The van der Waals surface area contributed by atoms with E-state index in [2.05, 4.69) is 16.9 Å². The summed E-state index contributed by atoms with van der Waals surface area (Å²) in [5.41, 5.74) is 5.02. The molecule has 2 N–H and O–H groups in total. The molecule has 0 fully saturated rings. The Hall–Kier alpha value is -4.16. The van der Waals surface area contributed by atoms with Crippen molar-refractivity contribution in [1.29, 1.82) is 0 Å². The largest absolute Gasteiger partial charge is 0.508 e. The van der Waals surface area contributed by atoms with E-state index in [0.29, 0.717) is 27.9 Å². The summed E-state index contributed by atoms with van der Waals surface area (Å²) in [4.78, 5) is 24.1. The Kier molecular flexibility index (Phi) is 5.28. The first-order valence-corrected chi connectivity index (χ1v) is 10.7. The van der Waals surface area contributed by atoms with Crippen LogP contribution in [-0.4, -0.2) is 21.0 Å². The zero-order chi connectivity index (χ0) is 22.9. The highest BCUT2D eigenvalue weighted by atomic mass is 35.5. The Bertz CT molecular complexity index is 1370. The van der Waals surface area contributed by atoms with E-state index in [-0.39, 0.29) is 18.1 Å². The average Bonchev–Trinajstić information content (AvgIpc) is 2.93. The van der Waals surface area contributed by atoms with Crippen LogP contribution in [0.5, 0.6) is 0 Å². The van der Waals surface area contributed by atoms with Crippen LogP contribution in [0.1, 0.15) is 11.1 Å². The van der Waals surface area contributed by atoms with Crippen LogP contribution in [0, 0.1) is 0 Å². The molecule has 4 aromatic rings. The molecule has 7 heteroatoms. The van der Waals surface area contributed by atoms with E-state index in [1.54, 1.807) is 47.5 Å². The van der Waals surface area contributed by atoms with Crippen LogP contribution in [0.2, 0.25) is 5.02 Å². The van der Waals surface area contributed by atoms with Crippen LogP contribution in [0.4, 0.5) is 23.0 Å². The van der Waals surface area contributed by atoms with Gasteiger partial charge in [0.05, 0.1) is 17.8 Å². The zero-order valence-corrected chi connectivity index (χ0v) is 18.3. The second-order valence-electron chi connectivity index (χ2n) is 7.62. The molecule has 0 radical (unpaired) electrons. The van der Waals surface area contributed by atoms with E-state index < -0.39 is 0 Å². The van der Waals surface area contributed by atoms with Crippen LogP contribution < -0.4 is 10.2 Å². The molecule has 1 aromatic heterocycles. The third-order valence-corrected chi connectivity index (χ3v) is 5.64. The second kappa shape index (κ2) is 8.41. The Morgan fingerprint density at radius 3 is 2.55 bits per heavy atom. The molecule has 1 aliphatic heterocycles. The molecule has 3 aromatic carbocycles. The lowest BCUT2D eigenvalue weighted by molar-refractivity contribution is -0.117. The quantitative estimate of drug-likeness (QED) is 0.354. The molecule has 0 unspecified atom stereocenters. The number of aromatic nitrogens is 2. The standard InChI is InChI=1S/C26H19ClN4O2/c1-16(32)17-7-10-20(11-8-17)29-26-28-15-18-13-24(33)31(21-5-3-2-4-6-21)23-14-19(27)9-12-22(23)25(18)30-26/h2-12,14-15,32H,1,13H2,(H,28,29,30). The van der Waals surface area contributed by atoms with Crippen LogP contribution in [-0.2, 0) is 11.2 Å². The molecular formula is C26H19ClN4O2. The average molecular weight is 455 g/mol. The Morgan fingerprint density at radius 1 is 1.06 bits per heavy atom. The van der Waals surface area contributed by atoms with Crippen molar-refractivity contribution in [2.45, 2.75) is 6.42 Å². The number of rotatable bonds is 4. The third-order valence-electron chi connectivity index (χ3n) is 5.40. The van der Waals surface area contributed by atoms with Gasteiger partial charge in [0, 0.05) is 39.3 Å². The number of carbonyl (C=O) groups is 1. The van der Waals surface area contributed by atoms with E-state index in [1.807, 2.05) is 36.4 Å². The van der Waals surface area contributed by atoms with Crippen molar-refractivity contribution < 1.29 is 9.90 Å². The summed E-state index contributed by atoms with van der Waals surface area (Å²) in [5.74, 6) is 0.309. The number of amides is 1. The molecule has 162 valence electrons. The van der Waals surface area contributed by atoms with Gasteiger partial charge in [0.25, 0.3) is 0 Å². The fraction of sp³-hybridized carbons (Fsp3) is 0.0385. The fourth-order valence-corrected chi connectivity index (χ4v) is 4.00. The predicted octanol–water partition coefficient (Wildman–Crippen LogP) is 6.29. The summed E-state index contributed by atoms with van der Waals surface area (Å²) in [6.45, 7) is 3.53. The third kappa shape index (κ3) is 4.04. The highest BCUT2D eigenvalue weighted by Crippen LogP contribution is 2.41. The number of halogens is 1. The van der Waals surface area contributed by atoms with Crippen molar-refractivity contribution in [2.24, 2.45) is 0 Å². The summed E-state index contributed by atoms with van der Waals surface area (Å²) in [7, 11) is 0. The van der Waals surface area contributed by atoms with Gasteiger partial charge in [0.2, 0.25) is 11.9 Å². The molecule has 0 atom stereocenters. The fourth-order valence-electron chi connectivity index (χ4n) is 3.83. The molecule has 0 saturated carbocycles. The lowest BCUT2D eigenvalue weighted by atomic mass is 10.0. The number of aliphatic hydroxyl groups excluding tert-OH is 1. The van der Waals surface area contributed by atoms with E-state index in [1.165, 1.54) is 0 Å². The summed E-state index contributed by atoms with van der Waals surface area (Å²) in [6.07, 6.45) is 1.84. The summed E-state index contributed by atoms with van der Waals surface area (Å²) < 4.78 is 0. The van der Waals surface area contributed by atoms with Crippen LogP contribution in [0.15, 0.2) is 85.6 Å². The molecule has 1 amide bonds. The minimum Gasteiger partial charge on any atom is -0.508 e. The normalized spacial score (nSPS) is 12.5. The van der Waals surface area contributed by atoms with Crippen molar-refractivity contribution >= 4 is 46.3 Å². The first-order chi connectivity index (χ1) is 16.0. The van der Waals surface area contributed by atoms with Crippen molar-refractivity contribution in [2.75, 3.05) is 10.2 Å². The Morgan fingerprint density at radius 2 is 1.82 bits per heavy atom. The number of carbonyl (C=O) groups excluding carboxylic acids is 1. The number of para-hydroxylation sites is 1. The number of benzene rings is 3. The maximum Gasteiger partial charge on any atom is 0.236 e. The SMILES string of the molecule is C=C(O)c1ccc(Nc2ncc3c(n2)-c2ccc(Cl)cc2N(c2ccccc2)C(=O)C3)cc1. The first kappa shape index (κ1) is 20.7. The number of anilines is 4. The lowest BCUT2D eigenvalue weighted by Gasteiger charge is -2.23. The Labute approximate surface area is 195 Å². The minimum absolute atomic E-state index is 0.00531. The van der Waals surface area contributed by atoms with Crippen molar-refractivity contribution in [1.82, 2.24) is 9.97 Å². The molecule has 2 heterocycles. The smallest absolute Gasteiger partial charge is 0.236 e. The van der Waals surface area contributed by atoms with Crippen molar-refractivity contribution in [3.63, 3.8) is 0 Å². The first-order valence-electron chi connectivity index (χ1n) is 10.3. The highest BCUT2D eigenvalue weighted by molar-refractivity contribution is 6.31. The summed E-state index contributed by atoms with van der Waals surface area (Å²) in [6, 6.07) is 22.0. The lowest BCUT2D eigenvalue weighted by Crippen LogP contribution is -2.26. The van der Waals surface area contributed by atoms with Gasteiger partial charge < -0.3 is 10.4 Å². The number of fused-ring (bicyclic) bond motifs is 3. The maximum absolute atomic E-state index is 13.3. The molecule has 5 rings (SSSR count). The number of hydrogen-bond acceptors (Lipinski definition) is 5. The maximum atomic E-state index is 13.3. The molecule has 6 nitrogen and oxygen atoms in total. The summed E-state index contributed by atoms with van der Waals surface area (Å²) in [5, 5.41) is 13.2. The molecule has 0 saturated heterocycles. The number of nitrogens with one attached hydrogen (secondary N) is 1. The zero-order valence-electron chi connectivity index (χ0n) is 17.5. The molecule has 0 bridgehead atoms. The van der Waals surface area contributed by atoms with Gasteiger partial charge in [-0.25, -0.2) is 9.97 Å². The molecular weight excluding hydrogens is 436 g/mol. The number of aliphatic hydroxyl groups is 1. The predicted molar refractivity (Wildman–Crippen MR) is 131 cm³/mol. The number of hydrogen-bond donors (Lipinski definition) is 2. The second-order valence-corrected chi connectivity index (χ2v) is 8.06. The van der Waals surface area contributed by atoms with E-state index in [9.17, 15) is 9.90 Å². The Balaban J connectivity index is 1.58. The highest BCUT2D eigenvalue weighted by Gasteiger charge is 2.28.